The highest BCUT2D eigenvalue weighted by Crippen LogP contribution is 2.16. The standard InChI is InChI=1S/C13H13N3O4/c1-6-4-7(2)14-9(5-6)15-12(17)10-8(3)20-16-11(10)13(18)19/h4-5H,1-3H3,(H,18,19)(H,14,15,17). The smallest absolute Gasteiger partial charge is 0.358 e. The monoisotopic (exact) mass is 275 g/mol. The van der Waals surface area contributed by atoms with E-state index in [0.717, 1.165) is 11.3 Å². The van der Waals surface area contributed by atoms with Gasteiger partial charge in [0.2, 0.25) is 5.69 Å². The Morgan fingerprint density at radius 1 is 1.25 bits per heavy atom. The summed E-state index contributed by atoms with van der Waals surface area (Å²) in [7, 11) is 0. The van der Waals surface area contributed by atoms with Crippen LogP contribution in [-0.2, 0) is 0 Å². The summed E-state index contributed by atoms with van der Waals surface area (Å²) in [4.78, 5) is 27.3. The molecule has 0 fully saturated rings. The van der Waals surface area contributed by atoms with E-state index in [1.165, 1.54) is 6.92 Å². The molecule has 2 rings (SSSR count). The molecule has 104 valence electrons. The number of nitrogens with zero attached hydrogens (tertiary/aromatic N) is 2. The Morgan fingerprint density at radius 3 is 2.55 bits per heavy atom. The molecule has 2 aromatic rings. The Balaban J connectivity index is 2.33. The maximum atomic E-state index is 12.1. The second-order valence-corrected chi connectivity index (χ2v) is 4.39. The number of nitrogens with one attached hydrogen (secondary N) is 1. The summed E-state index contributed by atoms with van der Waals surface area (Å²) in [5.41, 5.74) is 1.18. The zero-order valence-electron chi connectivity index (χ0n) is 11.2. The summed E-state index contributed by atoms with van der Waals surface area (Å²) in [5.74, 6) is -1.44. The number of aryl methyl sites for hydroxylation is 3. The number of pyridine rings is 1. The molecule has 0 atom stereocenters. The van der Waals surface area contributed by atoms with Crippen LogP contribution in [0.4, 0.5) is 5.82 Å². The van der Waals surface area contributed by atoms with E-state index in [1.54, 1.807) is 13.0 Å². The molecular formula is C13H13N3O4. The average molecular weight is 275 g/mol. The van der Waals surface area contributed by atoms with Crippen molar-refractivity contribution in [3.8, 4) is 0 Å². The normalized spacial score (nSPS) is 10.3. The van der Waals surface area contributed by atoms with Gasteiger partial charge in [0.05, 0.1) is 0 Å². The third kappa shape index (κ3) is 2.66. The lowest BCUT2D eigenvalue weighted by Crippen LogP contribution is -2.17. The number of anilines is 1. The summed E-state index contributed by atoms with van der Waals surface area (Å²) >= 11 is 0. The van der Waals surface area contributed by atoms with Crippen molar-refractivity contribution in [2.75, 3.05) is 5.32 Å². The van der Waals surface area contributed by atoms with E-state index < -0.39 is 17.6 Å². The number of carbonyl (C=O) groups is 2. The van der Waals surface area contributed by atoms with Gasteiger partial charge >= 0.3 is 5.97 Å². The van der Waals surface area contributed by atoms with E-state index in [2.05, 4.69) is 15.5 Å². The van der Waals surface area contributed by atoms with Crippen LogP contribution in [0.1, 0.15) is 37.9 Å². The van der Waals surface area contributed by atoms with Crippen molar-refractivity contribution in [3.05, 3.63) is 40.4 Å². The van der Waals surface area contributed by atoms with Gasteiger partial charge in [0, 0.05) is 5.69 Å². The van der Waals surface area contributed by atoms with Gasteiger partial charge in [0.15, 0.2) is 0 Å². The number of aromatic nitrogens is 2. The van der Waals surface area contributed by atoms with Crippen LogP contribution in [0.25, 0.3) is 0 Å². The van der Waals surface area contributed by atoms with Crippen LogP contribution in [0.15, 0.2) is 16.7 Å². The number of hydrogen-bond acceptors (Lipinski definition) is 5. The molecular weight excluding hydrogens is 262 g/mol. The first kappa shape index (κ1) is 13.7. The molecule has 0 aromatic carbocycles. The molecule has 0 spiro atoms. The first-order chi connectivity index (χ1) is 9.38. The molecule has 20 heavy (non-hydrogen) atoms. The Hall–Kier alpha value is -2.70. The summed E-state index contributed by atoms with van der Waals surface area (Å²) in [6, 6.07) is 3.55. The first-order valence-corrected chi connectivity index (χ1v) is 5.84. The fraction of sp³-hybridized carbons (Fsp3) is 0.231. The van der Waals surface area contributed by atoms with Gasteiger partial charge in [0.25, 0.3) is 5.91 Å². The number of carboxylic acid groups (broad SMARTS) is 1. The first-order valence-electron chi connectivity index (χ1n) is 5.84. The second-order valence-electron chi connectivity index (χ2n) is 4.39. The van der Waals surface area contributed by atoms with Crippen LogP contribution in [0.2, 0.25) is 0 Å². The van der Waals surface area contributed by atoms with Gasteiger partial charge in [-0.1, -0.05) is 5.16 Å². The number of carbonyl (C=O) groups excluding carboxylic acids is 1. The molecule has 7 nitrogen and oxygen atoms in total. The van der Waals surface area contributed by atoms with Crippen LogP contribution in [0.5, 0.6) is 0 Å². The molecule has 0 aliphatic carbocycles. The van der Waals surface area contributed by atoms with E-state index in [9.17, 15) is 9.59 Å². The predicted molar refractivity (Wildman–Crippen MR) is 69.9 cm³/mol. The second kappa shape index (κ2) is 5.12. The number of hydrogen-bond donors (Lipinski definition) is 2. The highest BCUT2D eigenvalue weighted by molar-refractivity contribution is 6.10. The molecule has 0 bridgehead atoms. The van der Waals surface area contributed by atoms with Crippen molar-refractivity contribution in [3.63, 3.8) is 0 Å². The minimum atomic E-state index is -1.32. The molecule has 1 amide bonds. The van der Waals surface area contributed by atoms with Gasteiger partial charge in [0.1, 0.15) is 17.1 Å². The molecule has 0 aliphatic heterocycles. The highest BCUT2D eigenvalue weighted by atomic mass is 16.5. The number of amides is 1. The van der Waals surface area contributed by atoms with E-state index in [-0.39, 0.29) is 11.3 Å². The number of aromatic carboxylic acids is 1. The van der Waals surface area contributed by atoms with E-state index >= 15 is 0 Å². The summed E-state index contributed by atoms with van der Waals surface area (Å²) in [6.07, 6.45) is 0. The minimum Gasteiger partial charge on any atom is -0.476 e. The van der Waals surface area contributed by atoms with Crippen LogP contribution in [0, 0.1) is 20.8 Å². The molecule has 2 heterocycles. The lowest BCUT2D eigenvalue weighted by Gasteiger charge is -2.06. The summed E-state index contributed by atoms with van der Waals surface area (Å²) in [6.45, 7) is 5.15. The molecule has 2 N–H and O–H groups in total. The predicted octanol–water partition coefficient (Wildman–Crippen LogP) is 1.95. The van der Waals surface area contributed by atoms with Crippen molar-refractivity contribution in [1.82, 2.24) is 10.1 Å². The molecule has 7 heteroatoms. The maximum Gasteiger partial charge on any atom is 0.358 e. The van der Waals surface area contributed by atoms with Crippen LogP contribution in [-0.4, -0.2) is 27.1 Å². The Morgan fingerprint density at radius 2 is 1.95 bits per heavy atom. The van der Waals surface area contributed by atoms with Gasteiger partial charge in [-0.25, -0.2) is 9.78 Å². The van der Waals surface area contributed by atoms with Gasteiger partial charge in [-0.2, -0.15) is 0 Å². The topological polar surface area (TPSA) is 105 Å². The van der Waals surface area contributed by atoms with Crippen LogP contribution < -0.4 is 5.32 Å². The quantitative estimate of drug-likeness (QED) is 0.886. The Labute approximate surface area is 114 Å². The third-order valence-corrected chi connectivity index (χ3v) is 2.63. The molecule has 0 saturated heterocycles. The SMILES string of the molecule is Cc1cc(C)nc(NC(=O)c2c(C(=O)O)noc2C)c1. The molecule has 0 aliphatic rings. The van der Waals surface area contributed by atoms with Gasteiger partial charge in [-0.15, -0.1) is 0 Å². The Bertz CT molecular complexity index is 671. The van der Waals surface area contributed by atoms with Crippen molar-refractivity contribution < 1.29 is 19.2 Å². The zero-order chi connectivity index (χ0) is 14.9. The maximum absolute atomic E-state index is 12.1. The van der Waals surface area contributed by atoms with Crippen LogP contribution >= 0.6 is 0 Å². The summed E-state index contributed by atoms with van der Waals surface area (Å²) < 4.78 is 4.75. The van der Waals surface area contributed by atoms with Crippen molar-refractivity contribution in [1.29, 1.82) is 0 Å². The fourth-order valence-electron chi connectivity index (χ4n) is 1.87. The molecule has 0 saturated carbocycles. The van der Waals surface area contributed by atoms with E-state index in [4.69, 9.17) is 9.63 Å². The average Bonchev–Trinajstić information content (AvgIpc) is 2.69. The fourth-order valence-corrected chi connectivity index (χ4v) is 1.87. The van der Waals surface area contributed by atoms with Crippen LogP contribution in [0.3, 0.4) is 0 Å². The van der Waals surface area contributed by atoms with E-state index in [1.807, 2.05) is 13.0 Å². The lowest BCUT2D eigenvalue weighted by atomic mass is 10.1. The lowest BCUT2D eigenvalue weighted by molar-refractivity contribution is 0.0682. The molecule has 0 unspecified atom stereocenters. The largest absolute Gasteiger partial charge is 0.476 e. The van der Waals surface area contributed by atoms with Gasteiger partial charge in [-0.3, -0.25) is 4.79 Å². The van der Waals surface area contributed by atoms with Gasteiger partial charge < -0.3 is 14.9 Å². The van der Waals surface area contributed by atoms with Crippen molar-refractivity contribution in [2.24, 2.45) is 0 Å². The number of rotatable bonds is 3. The highest BCUT2D eigenvalue weighted by Gasteiger charge is 2.25. The zero-order valence-corrected chi connectivity index (χ0v) is 11.2. The number of carboxylic acids is 1. The summed E-state index contributed by atoms with van der Waals surface area (Å²) in [5, 5.41) is 14.9. The third-order valence-electron chi connectivity index (χ3n) is 2.63. The van der Waals surface area contributed by atoms with Gasteiger partial charge in [-0.05, 0) is 38.5 Å². The Kier molecular flexibility index (Phi) is 3.51. The van der Waals surface area contributed by atoms with E-state index in [0.29, 0.717) is 5.82 Å². The molecule has 0 radical (unpaired) electrons. The van der Waals surface area contributed by atoms with Crippen molar-refractivity contribution >= 4 is 17.7 Å². The minimum absolute atomic E-state index is 0.0986. The van der Waals surface area contributed by atoms with Crippen molar-refractivity contribution in [2.45, 2.75) is 20.8 Å². The molecule has 2 aromatic heterocycles.